The Balaban J connectivity index is 1.77. The number of rotatable bonds is 7. The van der Waals surface area contributed by atoms with Crippen LogP contribution in [0.1, 0.15) is 12.0 Å². The van der Waals surface area contributed by atoms with Gasteiger partial charge in [-0.1, -0.05) is 6.07 Å². The zero-order valence-corrected chi connectivity index (χ0v) is 14.3. The molecule has 2 heterocycles. The molecular weight excluding hydrogens is 322 g/mol. The zero-order valence-electron chi connectivity index (χ0n) is 14.3. The number of fused-ring (bicyclic) bond motifs is 1. The molecule has 1 aromatic carbocycles. The number of benzene rings is 1. The number of anilines is 2. The maximum absolute atomic E-state index is 12.2. The molecule has 1 aromatic rings. The number of aliphatic hydroxyl groups is 1. The summed E-state index contributed by atoms with van der Waals surface area (Å²) in [6.45, 7) is 2.22. The summed E-state index contributed by atoms with van der Waals surface area (Å²) in [6.07, 6.45) is 3.42. The molecule has 3 rings (SSSR count). The lowest BCUT2D eigenvalue weighted by Crippen LogP contribution is -2.34. The van der Waals surface area contributed by atoms with Gasteiger partial charge in [-0.15, -0.1) is 0 Å². The molecule has 0 spiro atoms. The molecule has 7 nitrogen and oxygen atoms in total. The Morgan fingerprint density at radius 2 is 2.12 bits per heavy atom. The number of aliphatic hydroxyl groups excluding tert-OH is 1. The molecule has 2 amide bonds. The minimum absolute atomic E-state index is 0.00826. The number of aryl methyl sites for hydroxylation is 1. The van der Waals surface area contributed by atoms with Gasteiger partial charge in [0.2, 0.25) is 0 Å². The molecule has 0 bridgehead atoms. The molecule has 134 valence electrons. The van der Waals surface area contributed by atoms with Crippen molar-refractivity contribution in [2.75, 3.05) is 50.2 Å². The zero-order chi connectivity index (χ0) is 17.8. The molecule has 25 heavy (non-hydrogen) atoms. The standard InChI is InChI=1S/C18H23N3O4/c1-25-10-8-20-6-2-3-13-4-5-14(11-16(13)20)19-15-12-17(23)21(7-9-22)18(15)24/h4-5,11-12,19,22H,2-3,6-10H2,1H3. The molecule has 0 aromatic heterocycles. The summed E-state index contributed by atoms with van der Waals surface area (Å²) in [7, 11) is 1.69. The highest BCUT2D eigenvalue weighted by molar-refractivity contribution is 6.17. The van der Waals surface area contributed by atoms with Crippen LogP contribution < -0.4 is 10.2 Å². The summed E-state index contributed by atoms with van der Waals surface area (Å²) in [5, 5.41) is 12.0. The van der Waals surface area contributed by atoms with Crippen molar-refractivity contribution in [3.8, 4) is 0 Å². The van der Waals surface area contributed by atoms with E-state index in [0.717, 1.165) is 42.2 Å². The number of carbonyl (C=O) groups excluding carboxylic acids is 2. The van der Waals surface area contributed by atoms with Crippen molar-refractivity contribution in [1.29, 1.82) is 0 Å². The van der Waals surface area contributed by atoms with E-state index >= 15 is 0 Å². The summed E-state index contributed by atoms with van der Waals surface area (Å²) < 4.78 is 5.18. The Bertz CT molecular complexity index is 702. The fourth-order valence-corrected chi connectivity index (χ4v) is 3.23. The molecule has 0 saturated carbocycles. The van der Waals surface area contributed by atoms with E-state index in [9.17, 15) is 9.59 Å². The van der Waals surface area contributed by atoms with E-state index in [1.54, 1.807) is 7.11 Å². The smallest absolute Gasteiger partial charge is 0.277 e. The topological polar surface area (TPSA) is 82.1 Å². The number of imide groups is 1. The SMILES string of the molecule is COCCN1CCCc2ccc(NC3=CC(=O)N(CCO)C3=O)cc21. The molecule has 0 unspecified atom stereocenters. The Hall–Kier alpha value is -2.38. The first kappa shape index (κ1) is 17.4. The van der Waals surface area contributed by atoms with Gasteiger partial charge in [-0.05, 0) is 30.5 Å². The van der Waals surface area contributed by atoms with Crippen LogP contribution in [0.4, 0.5) is 11.4 Å². The van der Waals surface area contributed by atoms with Crippen molar-refractivity contribution in [2.45, 2.75) is 12.8 Å². The second kappa shape index (κ2) is 7.67. The van der Waals surface area contributed by atoms with Crippen molar-refractivity contribution in [3.05, 3.63) is 35.5 Å². The van der Waals surface area contributed by atoms with E-state index in [4.69, 9.17) is 9.84 Å². The quantitative estimate of drug-likeness (QED) is 0.710. The molecule has 7 heteroatoms. The van der Waals surface area contributed by atoms with E-state index in [0.29, 0.717) is 6.61 Å². The number of hydrogen-bond acceptors (Lipinski definition) is 6. The van der Waals surface area contributed by atoms with Gasteiger partial charge in [-0.3, -0.25) is 14.5 Å². The Morgan fingerprint density at radius 3 is 2.88 bits per heavy atom. The highest BCUT2D eigenvalue weighted by atomic mass is 16.5. The van der Waals surface area contributed by atoms with Crippen molar-refractivity contribution < 1.29 is 19.4 Å². The van der Waals surface area contributed by atoms with E-state index < -0.39 is 11.8 Å². The third-order valence-corrected chi connectivity index (χ3v) is 4.48. The van der Waals surface area contributed by atoms with Crippen LogP contribution in [-0.2, 0) is 20.7 Å². The Morgan fingerprint density at radius 1 is 1.28 bits per heavy atom. The molecule has 2 N–H and O–H groups in total. The van der Waals surface area contributed by atoms with Crippen LogP contribution in [0.5, 0.6) is 0 Å². The fraction of sp³-hybridized carbons (Fsp3) is 0.444. The molecule has 2 aliphatic rings. The molecule has 0 radical (unpaired) electrons. The summed E-state index contributed by atoms with van der Waals surface area (Å²) >= 11 is 0. The van der Waals surface area contributed by atoms with E-state index in [1.807, 2.05) is 12.1 Å². The normalized spacial score (nSPS) is 17.0. The molecule has 0 aliphatic carbocycles. The Kier molecular flexibility index (Phi) is 5.35. The van der Waals surface area contributed by atoms with Crippen LogP contribution >= 0.6 is 0 Å². The van der Waals surface area contributed by atoms with Crippen LogP contribution in [0.3, 0.4) is 0 Å². The third-order valence-electron chi connectivity index (χ3n) is 4.48. The highest BCUT2D eigenvalue weighted by Gasteiger charge is 2.30. The fourth-order valence-electron chi connectivity index (χ4n) is 3.23. The van der Waals surface area contributed by atoms with Gasteiger partial charge in [0.15, 0.2) is 0 Å². The average Bonchev–Trinajstić information content (AvgIpc) is 2.88. The number of hydrogen-bond donors (Lipinski definition) is 2. The van der Waals surface area contributed by atoms with Crippen molar-refractivity contribution in [1.82, 2.24) is 4.90 Å². The Labute approximate surface area is 146 Å². The lowest BCUT2D eigenvalue weighted by atomic mass is 10.0. The first-order chi connectivity index (χ1) is 12.1. The maximum Gasteiger partial charge on any atom is 0.277 e. The number of ether oxygens (including phenoxy) is 1. The van der Waals surface area contributed by atoms with Gasteiger partial charge in [0.25, 0.3) is 11.8 Å². The van der Waals surface area contributed by atoms with E-state index in [2.05, 4.69) is 16.3 Å². The van der Waals surface area contributed by atoms with Gasteiger partial charge in [-0.25, -0.2) is 0 Å². The molecule has 0 fully saturated rings. The van der Waals surface area contributed by atoms with Crippen LogP contribution in [0.15, 0.2) is 30.0 Å². The number of methoxy groups -OCH3 is 1. The lowest BCUT2D eigenvalue weighted by Gasteiger charge is -2.31. The van der Waals surface area contributed by atoms with Gasteiger partial charge in [-0.2, -0.15) is 0 Å². The second-order valence-corrected chi connectivity index (χ2v) is 6.13. The maximum atomic E-state index is 12.2. The van der Waals surface area contributed by atoms with Crippen molar-refractivity contribution >= 4 is 23.2 Å². The minimum atomic E-state index is -0.409. The summed E-state index contributed by atoms with van der Waals surface area (Å²) in [5.41, 5.74) is 3.41. The van der Waals surface area contributed by atoms with Gasteiger partial charge in [0.05, 0.1) is 19.8 Å². The van der Waals surface area contributed by atoms with Crippen molar-refractivity contribution in [3.63, 3.8) is 0 Å². The van der Waals surface area contributed by atoms with Gasteiger partial charge < -0.3 is 20.1 Å². The number of nitrogens with one attached hydrogen (secondary N) is 1. The van der Waals surface area contributed by atoms with Crippen molar-refractivity contribution in [2.24, 2.45) is 0 Å². The minimum Gasteiger partial charge on any atom is -0.395 e. The second-order valence-electron chi connectivity index (χ2n) is 6.13. The van der Waals surface area contributed by atoms with Gasteiger partial charge >= 0.3 is 0 Å². The number of carbonyl (C=O) groups is 2. The summed E-state index contributed by atoms with van der Waals surface area (Å²) in [5.74, 6) is -0.811. The molecule has 2 aliphatic heterocycles. The monoisotopic (exact) mass is 345 g/mol. The predicted octanol–water partition coefficient (Wildman–Crippen LogP) is 0.743. The highest BCUT2D eigenvalue weighted by Crippen LogP contribution is 2.30. The lowest BCUT2D eigenvalue weighted by molar-refractivity contribution is -0.137. The van der Waals surface area contributed by atoms with Gasteiger partial charge in [0.1, 0.15) is 5.70 Å². The van der Waals surface area contributed by atoms with Crippen LogP contribution in [0.2, 0.25) is 0 Å². The summed E-state index contributed by atoms with van der Waals surface area (Å²) in [6, 6.07) is 5.99. The van der Waals surface area contributed by atoms with Crippen LogP contribution in [0.25, 0.3) is 0 Å². The third kappa shape index (κ3) is 3.67. The first-order valence-electron chi connectivity index (χ1n) is 8.46. The first-order valence-corrected chi connectivity index (χ1v) is 8.46. The van der Waals surface area contributed by atoms with Crippen LogP contribution in [0, 0.1) is 0 Å². The van der Waals surface area contributed by atoms with Gasteiger partial charge in [0, 0.05) is 37.7 Å². The number of nitrogens with zero attached hydrogens (tertiary/aromatic N) is 2. The predicted molar refractivity (Wildman–Crippen MR) is 94.4 cm³/mol. The molecular formula is C18H23N3O4. The number of amides is 2. The number of β-amino-alcohol motifs (C(OH)–C–C–N with tert-alkyl or cyclic N) is 1. The molecule has 0 atom stereocenters. The average molecular weight is 345 g/mol. The van der Waals surface area contributed by atoms with E-state index in [-0.39, 0.29) is 18.8 Å². The largest absolute Gasteiger partial charge is 0.395 e. The molecule has 0 saturated heterocycles. The summed E-state index contributed by atoms with van der Waals surface area (Å²) in [4.78, 5) is 27.4. The van der Waals surface area contributed by atoms with E-state index in [1.165, 1.54) is 11.6 Å². The van der Waals surface area contributed by atoms with Crippen LogP contribution in [-0.4, -0.2) is 61.8 Å².